The van der Waals surface area contributed by atoms with Crippen LogP contribution in [0.25, 0.3) is 6.08 Å². The van der Waals surface area contributed by atoms with Crippen LogP contribution in [0, 0.1) is 11.3 Å². The molecule has 1 fully saturated rings. The summed E-state index contributed by atoms with van der Waals surface area (Å²) in [5.41, 5.74) is 0.766. The zero-order valence-corrected chi connectivity index (χ0v) is 16.3. The fourth-order valence-electron chi connectivity index (χ4n) is 2.84. The van der Waals surface area contributed by atoms with Gasteiger partial charge in [0.15, 0.2) is 13.2 Å². The summed E-state index contributed by atoms with van der Waals surface area (Å²) in [6, 6.07) is 10.5. The van der Waals surface area contributed by atoms with Crippen LogP contribution in [0.5, 0.6) is 5.75 Å². The zero-order valence-electron chi connectivity index (χ0n) is 16.3. The second-order valence-corrected chi connectivity index (χ2v) is 6.37. The third-order valence-electron chi connectivity index (χ3n) is 4.40. The summed E-state index contributed by atoms with van der Waals surface area (Å²) < 4.78 is 10.2. The van der Waals surface area contributed by atoms with Gasteiger partial charge < -0.3 is 19.3 Å². The van der Waals surface area contributed by atoms with Gasteiger partial charge in [0.25, 0.3) is 5.91 Å². The van der Waals surface area contributed by atoms with E-state index in [2.05, 4.69) is 9.97 Å². The number of hydrogen-bond acceptors (Lipinski definition) is 8. The lowest BCUT2D eigenvalue weighted by Gasteiger charge is -2.34. The van der Waals surface area contributed by atoms with Gasteiger partial charge in [0, 0.05) is 44.6 Å². The Morgan fingerprint density at radius 2 is 1.80 bits per heavy atom. The smallest absolute Gasteiger partial charge is 0.331 e. The van der Waals surface area contributed by atoms with Gasteiger partial charge in [-0.15, -0.1) is 0 Å². The van der Waals surface area contributed by atoms with E-state index >= 15 is 0 Å². The molecule has 0 unspecified atom stereocenters. The molecule has 2 aromatic rings. The van der Waals surface area contributed by atoms with E-state index in [0.29, 0.717) is 37.9 Å². The normalized spacial score (nSPS) is 13.7. The van der Waals surface area contributed by atoms with E-state index in [1.807, 2.05) is 11.0 Å². The van der Waals surface area contributed by atoms with Gasteiger partial charge in [-0.05, 0) is 29.8 Å². The topological polar surface area (TPSA) is 109 Å². The third kappa shape index (κ3) is 6.04. The Morgan fingerprint density at radius 3 is 2.47 bits per heavy atom. The van der Waals surface area contributed by atoms with Crippen LogP contribution < -0.4 is 9.64 Å². The van der Waals surface area contributed by atoms with Crippen molar-refractivity contribution in [1.29, 1.82) is 5.26 Å². The summed E-state index contributed by atoms with van der Waals surface area (Å²) >= 11 is 0. The molecule has 0 bridgehead atoms. The minimum atomic E-state index is -0.593. The number of carbonyl (C=O) groups excluding carboxylic acids is 2. The number of benzene rings is 1. The molecule has 1 aliphatic rings. The van der Waals surface area contributed by atoms with Crippen molar-refractivity contribution in [3.8, 4) is 11.8 Å². The van der Waals surface area contributed by atoms with Crippen molar-refractivity contribution in [1.82, 2.24) is 14.9 Å². The summed E-state index contributed by atoms with van der Waals surface area (Å²) in [4.78, 5) is 36.3. The van der Waals surface area contributed by atoms with E-state index in [-0.39, 0.29) is 19.1 Å². The van der Waals surface area contributed by atoms with Gasteiger partial charge in [-0.25, -0.2) is 14.8 Å². The lowest BCUT2D eigenvalue weighted by atomic mass is 10.2. The van der Waals surface area contributed by atoms with Crippen molar-refractivity contribution in [2.24, 2.45) is 0 Å². The Hall–Kier alpha value is -3.93. The number of hydrogen-bond donors (Lipinski definition) is 0. The molecule has 3 rings (SSSR count). The first-order valence-corrected chi connectivity index (χ1v) is 9.40. The molecule has 9 heteroatoms. The molecule has 0 atom stereocenters. The quantitative estimate of drug-likeness (QED) is 0.499. The lowest BCUT2D eigenvalue weighted by molar-refractivity contribution is -0.148. The number of amides is 1. The van der Waals surface area contributed by atoms with Crippen molar-refractivity contribution < 1.29 is 19.1 Å². The van der Waals surface area contributed by atoms with Crippen LogP contribution >= 0.6 is 0 Å². The van der Waals surface area contributed by atoms with Crippen molar-refractivity contribution in [2.75, 3.05) is 44.3 Å². The number of piperazine rings is 1. The van der Waals surface area contributed by atoms with E-state index in [0.717, 1.165) is 5.56 Å². The number of carbonyl (C=O) groups is 2. The summed E-state index contributed by atoms with van der Waals surface area (Å²) in [5, 5.41) is 8.49. The first-order chi connectivity index (χ1) is 14.7. The monoisotopic (exact) mass is 407 g/mol. The Bertz CT molecular complexity index is 917. The number of rotatable bonds is 7. The van der Waals surface area contributed by atoms with Crippen LogP contribution in [0.15, 0.2) is 48.8 Å². The molecule has 0 spiro atoms. The number of ether oxygens (including phenoxy) is 2. The summed E-state index contributed by atoms with van der Waals surface area (Å²) in [5.74, 6) is 0.389. The Labute approximate surface area is 174 Å². The molecule has 9 nitrogen and oxygen atoms in total. The van der Waals surface area contributed by atoms with Crippen molar-refractivity contribution in [3.05, 3.63) is 54.4 Å². The number of aromatic nitrogens is 2. The highest BCUT2D eigenvalue weighted by Gasteiger charge is 2.22. The van der Waals surface area contributed by atoms with Crippen LogP contribution in [-0.4, -0.2) is 66.1 Å². The maximum absolute atomic E-state index is 12.3. The minimum Gasteiger partial charge on any atom is -0.479 e. The van der Waals surface area contributed by atoms with Crippen molar-refractivity contribution in [2.45, 2.75) is 0 Å². The highest BCUT2D eigenvalue weighted by atomic mass is 16.5. The van der Waals surface area contributed by atoms with Gasteiger partial charge in [0.05, 0.1) is 0 Å². The molecule has 1 aliphatic heterocycles. The van der Waals surface area contributed by atoms with Crippen molar-refractivity contribution >= 4 is 23.9 Å². The van der Waals surface area contributed by atoms with Crippen LogP contribution in [-0.2, 0) is 14.3 Å². The van der Waals surface area contributed by atoms with Gasteiger partial charge in [-0.3, -0.25) is 4.79 Å². The van der Waals surface area contributed by atoms with Gasteiger partial charge in [-0.1, -0.05) is 12.1 Å². The molecule has 1 aromatic heterocycles. The first-order valence-electron chi connectivity index (χ1n) is 9.40. The number of nitriles is 1. The highest BCUT2D eigenvalue weighted by Crippen LogP contribution is 2.13. The molecular weight excluding hydrogens is 386 g/mol. The van der Waals surface area contributed by atoms with Crippen LogP contribution in [0.4, 0.5) is 5.95 Å². The molecule has 1 aromatic carbocycles. The maximum Gasteiger partial charge on any atom is 0.331 e. The second kappa shape index (κ2) is 10.6. The van der Waals surface area contributed by atoms with Crippen LogP contribution in [0.1, 0.15) is 5.56 Å². The fraction of sp³-hybridized carbons (Fsp3) is 0.286. The molecule has 154 valence electrons. The highest BCUT2D eigenvalue weighted by molar-refractivity contribution is 5.89. The van der Waals surface area contributed by atoms with Crippen LogP contribution in [0.2, 0.25) is 0 Å². The predicted molar refractivity (Wildman–Crippen MR) is 108 cm³/mol. The maximum atomic E-state index is 12.3. The molecule has 0 radical (unpaired) electrons. The minimum absolute atomic E-state index is 0.0232. The van der Waals surface area contributed by atoms with Crippen LogP contribution in [0.3, 0.4) is 0 Å². The predicted octanol–water partition coefficient (Wildman–Crippen LogP) is 1.28. The summed E-state index contributed by atoms with van der Waals surface area (Å²) in [7, 11) is 0. The van der Waals surface area contributed by atoms with Gasteiger partial charge in [0.2, 0.25) is 5.95 Å². The third-order valence-corrected chi connectivity index (χ3v) is 4.40. The second-order valence-electron chi connectivity index (χ2n) is 6.37. The Balaban J connectivity index is 1.40. The fourth-order valence-corrected chi connectivity index (χ4v) is 2.84. The van der Waals surface area contributed by atoms with Gasteiger partial charge in [0.1, 0.15) is 11.8 Å². The molecule has 2 heterocycles. The molecule has 30 heavy (non-hydrogen) atoms. The Morgan fingerprint density at radius 1 is 1.10 bits per heavy atom. The first kappa shape index (κ1) is 20.8. The van der Waals surface area contributed by atoms with E-state index in [1.165, 1.54) is 6.08 Å². The van der Waals surface area contributed by atoms with Gasteiger partial charge >= 0.3 is 5.97 Å². The molecule has 0 saturated carbocycles. The van der Waals surface area contributed by atoms with E-state index in [9.17, 15) is 9.59 Å². The summed E-state index contributed by atoms with van der Waals surface area (Å²) in [6.07, 6.45) is 6.22. The average Bonchev–Trinajstić information content (AvgIpc) is 2.81. The average molecular weight is 407 g/mol. The molecular formula is C21H21N5O4. The van der Waals surface area contributed by atoms with E-state index in [4.69, 9.17) is 14.7 Å². The molecule has 1 saturated heterocycles. The number of anilines is 1. The SMILES string of the molecule is N#CCOc1ccc(/C=C/C(=O)OCC(=O)N2CCN(c3ncccn3)CC2)cc1. The largest absolute Gasteiger partial charge is 0.479 e. The van der Waals surface area contributed by atoms with E-state index < -0.39 is 5.97 Å². The Kier molecular flexibility index (Phi) is 7.33. The molecule has 0 N–H and O–H groups in total. The molecule has 0 aliphatic carbocycles. The number of nitrogens with zero attached hydrogens (tertiary/aromatic N) is 5. The summed E-state index contributed by atoms with van der Waals surface area (Å²) in [6.45, 7) is 1.96. The lowest BCUT2D eigenvalue weighted by Crippen LogP contribution is -2.50. The number of esters is 1. The standard InChI is InChI=1S/C21H21N5O4/c22-8-15-29-18-5-2-17(3-6-18)4-7-20(28)30-16-19(27)25-11-13-26(14-12-25)21-23-9-1-10-24-21/h1-7,9-10H,11-16H2/b7-4+. The van der Waals surface area contributed by atoms with E-state index in [1.54, 1.807) is 53.7 Å². The van der Waals surface area contributed by atoms with Crippen molar-refractivity contribution in [3.63, 3.8) is 0 Å². The van der Waals surface area contributed by atoms with Gasteiger partial charge in [-0.2, -0.15) is 5.26 Å². The molecule has 1 amide bonds. The zero-order chi connectivity index (χ0) is 21.2.